The highest BCUT2D eigenvalue weighted by Crippen LogP contribution is 2.31. The number of fused-ring (bicyclic) bond motifs is 1. The van der Waals surface area contributed by atoms with Crippen molar-refractivity contribution < 1.29 is 14.3 Å². The minimum atomic E-state index is -0.702. The van der Waals surface area contributed by atoms with Crippen LogP contribution < -0.4 is 10.6 Å². The Bertz CT molecular complexity index is 723. The molecule has 2 atom stereocenters. The topological polar surface area (TPSA) is 61.4 Å². The van der Waals surface area contributed by atoms with Gasteiger partial charge < -0.3 is 15.7 Å². The fraction of sp³-hybridized carbons (Fsp3) is 0.188. The number of aliphatic hydroxyl groups is 1. The molecule has 0 aromatic heterocycles. The number of nitrogens with one attached hydrogen (secondary N) is 2. The number of halogens is 2. The summed E-state index contributed by atoms with van der Waals surface area (Å²) in [7, 11) is 0. The van der Waals surface area contributed by atoms with Crippen LogP contribution >= 0.6 is 11.6 Å². The lowest BCUT2D eigenvalue weighted by Crippen LogP contribution is -2.37. The normalized spacial score (nSPS) is 19.6. The molecule has 0 saturated heterocycles. The lowest BCUT2D eigenvalue weighted by Gasteiger charge is -2.18. The summed E-state index contributed by atoms with van der Waals surface area (Å²) in [5.74, 6) is -0.577. The summed E-state index contributed by atoms with van der Waals surface area (Å²) in [5, 5.41) is 15.5. The SMILES string of the molecule is O=C(Nc1cc(Cl)ccc1F)N[C@H]1c2ccccc2C[C@H]1O. The molecule has 1 aliphatic rings. The highest BCUT2D eigenvalue weighted by atomic mass is 35.5. The lowest BCUT2D eigenvalue weighted by molar-refractivity contribution is 0.144. The summed E-state index contributed by atoms with van der Waals surface area (Å²) in [5.41, 5.74) is 1.86. The standard InChI is InChI=1S/C16H14ClFN2O2/c17-10-5-6-12(18)13(8-10)19-16(22)20-15-11-4-2-1-3-9(11)7-14(15)21/h1-6,8,14-15,21H,7H2,(H2,19,20,22)/t14-,15+/m1/s1. The van der Waals surface area contributed by atoms with Crippen LogP contribution in [0.25, 0.3) is 0 Å². The summed E-state index contributed by atoms with van der Waals surface area (Å²) < 4.78 is 13.6. The zero-order chi connectivity index (χ0) is 15.7. The van der Waals surface area contributed by atoms with Crippen molar-refractivity contribution in [2.75, 3.05) is 5.32 Å². The van der Waals surface area contributed by atoms with Gasteiger partial charge >= 0.3 is 6.03 Å². The first-order valence-corrected chi connectivity index (χ1v) is 7.21. The van der Waals surface area contributed by atoms with Gasteiger partial charge in [-0.3, -0.25) is 0 Å². The molecule has 2 aromatic rings. The molecule has 2 amide bonds. The van der Waals surface area contributed by atoms with E-state index in [1.54, 1.807) is 0 Å². The maximum Gasteiger partial charge on any atom is 0.319 e. The van der Waals surface area contributed by atoms with Gasteiger partial charge in [0, 0.05) is 11.4 Å². The van der Waals surface area contributed by atoms with Crippen LogP contribution in [-0.2, 0) is 6.42 Å². The minimum Gasteiger partial charge on any atom is -0.390 e. The molecule has 1 aliphatic carbocycles. The van der Waals surface area contributed by atoms with Gasteiger partial charge in [0.1, 0.15) is 5.82 Å². The highest BCUT2D eigenvalue weighted by molar-refractivity contribution is 6.30. The number of aliphatic hydroxyl groups excluding tert-OH is 1. The second-order valence-electron chi connectivity index (χ2n) is 5.17. The number of urea groups is 1. The van der Waals surface area contributed by atoms with Crippen LogP contribution in [0.5, 0.6) is 0 Å². The Kier molecular flexibility index (Phi) is 4.00. The first-order valence-electron chi connectivity index (χ1n) is 6.83. The summed E-state index contributed by atoms with van der Waals surface area (Å²) >= 11 is 5.78. The van der Waals surface area contributed by atoms with Crippen molar-refractivity contribution in [3.05, 3.63) is 64.4 Å². The summed E-state index contributed by atoms with van der Waals surface area (Å²) in [6.07, 6.45) is -0.223. The third-order valence-electron chi connectivity index (χ3n) is 3.67. The van der Waals surface area contributed by atoms with Crippen molar-refractivity contribution in [2.45, 2.75) is 18.6 Å². The molecule has 0 unspecified atom stereocenters. The number of hydrogen-bond acceptors (Lipinski definition) is 2. The molecular weight excluding hydrogens is 307 g/mol. The van der Waals surface area contributed by atoms with Crippen molar-refractivity contribution in [3.63, 3.8) is 0 Å². The van der Waals surface area contributed by atoms with Crippen molar-refractivity contribution >= 4 is 23.3 Å². The summed E-state index contributed by atoms with van der Waals surface area (Å²) in [6, 6.07) is 10.3. The predicted octanol–water partition coefficient (Wildman–Crippen LogP) is 3.26. The maximum absolute atomic E-state index is 13.6. The largest absolute Gasteiger partial charge is 0.390 e. The molecule has 0 heterocycles. The molecule has 0 bridgehead atoms. The van der Waals surface area contributed by atoms with Crippen LogP contribution in [0, 0.1) is 5.82 Å². The van der Waals surface area contributed by atoms with E-state index < -0.39 is 24.0 Å². The van der Waals surface area contributed by atoms with E-state index in [1.165, 1.54) is 18.2 Å². The smallest absolute Gasteiger partial charge is 0.319 e. The van der Waals surface area contributed by atoms with E-state index in [9.17, 15) is 14.3 Å². The van der Waals surface area contributed by atoms with Crippen molar-refractivity contribution in [2.24, 2.45) is 0 Å². The Morgan fingerprint density at radius 2 is 2.05 bits per heavy atom. The van der Waals surface area contributed by atoms with Crippen LogP contribution in [0.1, 0.15) is 17.2 Å². The first-order chi connectivity index (χ1) is 10.5. The molecule has 114 valence electrons. The third-order valence-corrected chi connectivity index (χ3v) is 3.90. The molecule has 0 aliphatic heterocycles. The maximum atomic E-state index is 13.6. The fourth-order valence-corrected chi connectivity index (χ4v) is 2.81. The molecule has 22 heavy (non-hydrogen) atoms. The molecule has 0 fully saturated rings. The van der Waals surface area contributed by atoms with Gasteiger partial charge in [-0.05, 0) is 29.3 Å². The zero-order valence-electron chi connectivity index (χ0n) is 11.5. The van der Waals surface area contributed by atoms with Gasteiger partial charge in [0.15, 0.2) is 0 Å². The van der Waals surface area contributed by atoms with Crippen molar-refractivity contribution in [3.8, 4) is 0 Å². The molecule has 6 heteroatoms. The van der Waals surface area contributed by atoms with Crippen molar-refractivity contribution in [1.82, 2.24) is 5.32 Å². The number of hydrogen-bond donors (Lipinski definition) is 3. The number of rotatable bonds is 2. The minimum absolute atomic E-state index is 0.00854. The quantitative estimate of drug-likeness (QED) is 0.795. The van der Waals surface area contributed by atoms with Crippen molar-refractivity contribution in [1.29, 1.82) is 0 Å². The third kappa shape index (κ3) is 2.91. The van der Waals surface area contributed by atoms with Gasteiger partial charge in [0.25, 0.3) is 0 Å². The average molecular weight is 321 g/mol. The van der Waals surface area contributed by atoms with E-state index in [1.807, 2.05) is 24.3 Å². The van der Waals surface area contributed by atoms with Crippen LogP contribution in [0.3, 0.4) is 0 Å². The zero-order valence-corrected chi connectivity index (χ0v) is 12.3. The van der Waals surface area contributed by atoms with E-state index in [2.05, 4.69) is 10.6 Å². The van der Waals surface area contributed by atoms with Gasteiger partial charge in [-0.2, -0.15) is 0 Å². The van der Waals surface area contributed by atoms with Gasteiger partial charge in [-0.25, -0.2) is 9.18 Å². The Labute approximate surface area is 131 Å². The number of carbonyl (C=O) groups is 1. The molecule has 4 nitrogen and oxygen atoms in total. The summed E-state index contributed by atoms with van der Waals surface area (Å²) in [6.45, 7) is 0. The van der Waals surface area contributed by atoms with Crippen LogP contribution in [-0.4, -0.2) is 17.2 Å². The summed E-state index contributed by atoms with van der Waals surface area (Å²) in [4.78, 5) is 12.0. The highest BCUT2D eigenvalue weighted by Gasteiger charge is 2.31. The molecule has 0 saturated carbocycles. The molecule has 0 spiro atoms. The fourth-order valence-electron chi connectivity index (χ4n) is 2.64. The second-order valence-corrected chi connectivity index (χ2v) is 5.61. The van der Waals surface area contributed by atoms with Gasteiger partial charge in [-0.1, -0.05) is 35.9 Å². The van der Waals surface area contributed by atoms with E-state index in [0.29, 0.717) is 11.4 Å². The molecule has 3 N–H and O–H groups in total. The van der Waals surface area contributed by atoms with Crippen LogP contribution in [0.15, 0.2) is 42.5 Å². The molecule has 2 aromatic carbocycles. The number of amides is 2. The molecule has 3 rings (SSSR count). The predicted molar refractivity (Wildman–Crippen MR) is 82.5 cm³/mol. The molecular formula is C16H14ClFN2O2. The number of carbonyl (C=O) groups excluding carboxylic acids is 1. The number of benzene rings is 2. The Morgan fingerprint density at radius 1 is 1.27 bits per heavy atom. The van der Waals surface area contributed by atoms with E-state index in [-0.39, 0.29) is 5.69 Å². The second kappa shape index (κ2) is 5.94. The Morgan fingerprint density at radius 3 is 2.86 bits per heavy atom. The van der Waals surface area contributed by atoms with Gasteiger partial charge in [0.2, 0.25) is 0 Å². The van der Waals surface area contributed by atoms with Crippen LogP contribution in [0.4, 0.5) is 14.9 Å². The Hall–Kier alpha value is -2.11. The van der Waals surface area contributed by atoms with Gasteiger partial charge in [-0.15, -0.1) is 0 Å². The Balaban J connectivity index is 1.73. The first kappa shape index (κ1) is 14.8. The average Bonchev–Trinajstić information content (AvgIpc) is 2.79. The van der Waals surface area contributed by atoms with Gasteiger partial charge in [0.05, 0.1) is 17.8 Å². The lowest BCUT2D eigenvalue weighted by atomic mass is 10.1. The van der Waals surface area contributed by atoms with Crippen LogP contribution in [0.2, 0.25) is 5.02 Å². The van der Waals surface area contributed by atoms with E-state index >= 15 is 0 Å². The number of anilines is 1. The monoisotopic (exact) mass is 320 g/mol. The van der Waals surface area contributed by atoms with E-state index in [0.717, 1.165) is 11.1 Å². The molecule has 0 radical (unpaired) electrons. The van der Waals surface area contributed by atoms with E-state index in [4.69, 9.17) is 11.6 Å².